The first-order valence-corrected chi connectivity index (χ1v) is 11.4. The van der Waals surface area contributed by atoms with Crippen LogP contribution in [0.25, 0.3) is 0 Å². The SMILES string of the molecule is Cc1ccc(S(=O)(=O)N2CCCCC2C)cc1C(=O)OCC(=O)NC(=O)NC(C)C. The Hall–Kier alpha value is -2.46. The van der Waals surface area contributed by atoms with Gasteiger partial charge in [-0.3, -0.25) is 10.1 Å². The van der Waals surface area contributed by atoms with Gasteiger partial charge in [0, 0.05) is 18.6 Å². The third-order valence-corrected chi connectivity index (χ3v) is 6.79. The number of rotatable bonds is 6. The number of urea groups is 1. The van der Waals surface area contributed by atoms with Crippen LogP contribution in [-0.4, -0.2) is 55.9 Å². The van der Waals surface area contributed by atoms with Crippen molar-refractivity contribution < 1.29 is 27.5 Å². The van der Waals surface area contributed by atoms with Gasteiger partial charge in [-0.2, -0.15) is 4.31 Å². The second kappa shape index (κ2) is 10.0. The summed E-state index contributed by atoms with van der Waals surface area (Å²) in [5, 5.41) is 4.53. The van der Waals surface area contributed by atoms with Crippen molar-refractivity contribution in [2.45, 2.75) is 63.9 Å². The number of hydrogen-bond acceptors (Lipinski definition) is 6. The maximum absolute atomic E-state index is 13.0. The van der Waals surface area contributed by atoms with E-state index in [1.807, 2.05) is 12.2 Å². The predicted molar refractivity (Wildman–Crippen MR) is 110 cm³/mol. The topological polar surface area (TPSA) is 122 Å². The normalized spacial score (nSPS) is 17.4. The van der Waals surface area contributed by atoms with E-state index in [9.17, 15) is 22.8 Å². The Morgan fingerprint density at radius 1 is 1.23 bits per heavy atom. The highest BCUT2D eigenvalue weighted by Crippen LogP contribution is 2.26. The molecule has 166 valence electrons. The van der Waals surface area contributed by atoms with Gasteiger partial charge in [0.25, 0.3) is 5.91 Å². The molecule has 1 aliphatic heterocycles. The molecule has 1 aromatic carbocycles. The van der Waals surface area contributed by atoms with E-state index in [-0.39, 0.29) is 22.5 Å². The third kappa shape index (κ3) is 6.02. The van der Waals surface area contributed by atoms with Gasteiger partial charge >= 0.3 is 12.0 Å². The molecule has 1 saturated heterocycles. The second-order valence-electron chi connectivity index (χ2n) is 7.69. The number of sulfonamides is 1. The Balaban J connectivity index is 2.10. The molecule has 9 nitrogen and oxygen atoms in total. The molecular formula is C20H29N3O6S. The summed E-state index contributed by atoms with van der Waals surface area (Å²) in [6.45, 7) is 6.76. The number of ether oxygens (including phenoxy) is 1. The van der Waals surface area contributed by atoms with E-state index in [1.54, 1.807) is 20.8 Å². The molecule has 1 heterocycles. The molecule has 0 saturated carbocycles. The fourth-order valence-electron chi connectivity index (χ4n) is 3.22. The molecule has 2 rings (SSSR count). The van der Waals surface area contributed by atoms with E-state index in [1.165, 1.54) is 22.5 Å². The highest BCUT2D eigenvalue weighted by Gasteiger charge is 2.31. The molecular weight excluding hydrogens is 410 g/mol. The van der Waals surface area contributed by atoms with Crippen molar-refractivity contribution in [1.29, 1.82) is 0 Å². The van der Waals surface area contributed by atoms with Crippen LogP contribution in [-0.2, 0) is 19.6 Å². The number of hydrogen-bond donors (Lipinski definition) is 2. The molecule has 1 fully saturated rings. The Labute approximate surface area is 177 Å². The summed E-state index contributed by atoms with van der Waals surface area (Å²) in [5.41, 5.74) is 0.573. The van der Waals surface area contributed by atoms with Crippen LogP contribution < -0.4 is 10.6 Å². The van der Waals surface area contributed by atoms with Crippen LogP contribution in [0.3, 0.4) is 0 Å². The molecule has 1 unspecified atom stereocenters. The van der Waals surface area contributed by atoms with E-state index >= 15 is 0 Å². The van der Waals surface area contributed by atoms with Gasteiger partial charge in [-0.1, -0.05) is 12.5 Å². The lowest BCUT2D eigenvalue weighted by Crippen LogP contribution is -2.44. The number of esters is 1. The van der Waals surface area contributed by atoms with E-state index in [0.29, 0.717) is 12.1 Å². The zero-order chi connectivity index (χ0) is 22.5. The standard InChI is InChI=1S/C20H29N3O6S/c1-13(2)21-20(26)22-18(24)12-29-19(25)17-11-16(9-8-14(17)3)30(27,28)23-10-6-5-7-15(23)4/h8-9,11,13,15H,5-7,10,12H2,1-4H3,(H2,21,22,24,26). The number of benzene rings is 1. The highest BCUT2D eigenvalue weighted by atomic mass is 32.2. The minimum atomic E-state index is -3.75. The van der Waals surface area contributed by atoms with Crippen molar-refractivity contribution in [1.82, 2.24) is 14.9 Å². The number of nitrogens with one attached hydrogen (secondary N) is 2. The van der Waals surface area contributed by atoms with Gasteiger partial charge in [0.1, 0.15) is 0 Å². The summed E-state index contributed by atoms with van der Waals surface area (Å²) in [4.78, 5) is 35.7. The van der Waals surface area contributed by atoms with Gasteiger partial charge in [0.2, 0.25) is 10.0 Å². The molecule has 0 aliphatic carbocycles. The fraction of sp³-hybridized carbons (Fsp3) is 0.550. The molecule has 10 heteroatoms. The van der Waals surface area contributed by atoms with Crippen LogP contribution in [0.15, 0.2) is 23.1 Å². The number of piperidine rings is 1. The van der Waals surface area contributed by atoms with E-state index < -0.39 is 34.5 Å². The van der Waals surface area contributed by atoms with Crippen LogP contribution in [0.1, 0.15) is 56.0 Å². The van der Waals surface area contributed by atoms with E-state index in [2.05, 4.69) is 5.32 Å². The van der Waals surface area contributed by atoms with Crippen molar-refractivity contribution in [3.63, 3.8) is 0 Å². The summed E-state index contributed by atoms with van der Waals surface area (Å²) >= 11 is 0. The first kappa shape index (κ1) is 23.8. The minimum Gasteiger partial charge on any atom is -0.452 e. The number of carbonyl (C=O) groups is 3. The maximum atomic E-state index is 13.0. The first-order chi connectivity index (χ1) is 14.0. The second-order valence-corrected chi connectivity index (χ2v) is 9.58. The number of aryl methyl sites for hydroxylation is 1. The van der Waals surface area contributed by atoms with Crippen molar-refractivity contribution in [3.05, 3.63) is 29.3 Å². The first-order valence-electron chi connectivity index (χ1n) is 9.92. The molecule has 0 aromatic heterocycles. The summed E-state index contributed by atoms with van der Waals surface area (Å²) in [5.74, 6) is -1.62. The average Bonchev–Trinajstić information content (AvgIpc) is 2.65. The molecule has 0 bridgehead atoms. The Morgan fingerprint density at radius 2 is 1.93 bits per heavy atom. The Kier molecular flexibility index (Phi) is 7.96. The van der Waals surface area contributed by atoms with E-state index in [0.717, 1.165) is 19.3 Å². The minimum absolute atomic E-state index is 0.00885. The lowest BCUT2D eigenvalue weighted by atomic mass is 10.1. The van der Waals surface area contributed by atoms with Crippen LogP contribution in [0.4, 0.5) is 4.79 Å². The van der Waals surface area contributed by atoms with Crippen molar-refractivity contribution >= 4 is 27.9 Å². The van der Waals surface area contributed by atoms with Crippen LogP contribution in [0.5, 0.6) is 0 Å². The van der Waals surface area contributed by atoms with Crippen LogP contribution in [0.2, 0.25) is 0 Å². The van der Waals surface area contributed by atoms with Crippen LogP contribution in [0, 0.1) is 6.92 Å². The van der Waals surface area contributed by atoms with Crippen LogP contribution >= 0.6 is 0 Å². The van der Waals surface area contributed by atoms with Gasteiger partial charge in [0.05, 0.1) is 10.5 Å². The smallest absolute Gasteiger partial charge is 0.338 e. The van der Waals surface area contributed by atoms with Crippen molar-refractivity contribution in [2.24, 2.45) is 0 Å². The Bertz CT molecular complexity index is 913. The van der Waals surface area contributed by atoms with Gasteiger partial charge in [0.15, 0.2) is 6.61 Å². The van der Waals surface area contributed by atoms with E-state index in [4.69, 9.17) is 4.74 Å². The summed E-state index contributed by atoms with van der Waals surface area (Å²) in [6, 6.07) is 3.32. The molecule has 0 spiro atoms. The van der Waals surface area contributed by atoms with Gasteiger partial charge in [-0.25, -0.2) is 18.0 Å². The quantitative estimate of drug-likeness (QED) is 0.654. The zero-order valence-corrected chi connectivity index (χ0v) is 18.5. The predicted octanol–water partition coefficient (Wildman–Crippen LogP) is 1.95. The number of nitrogens with zero attached hydrogens (tertiary/aromatic N) is 1. The maximum Gasteiger partial charge on any atom is 0.338 e. The van der Waals surface area contributed by atoms with Gasteiger partial charge in [-0.15, -0.1) is 0 Å². The average molecular weight is 440 g/mol. The number of amides is 3. The monoisotopic (exact) mass is 439 g/mol. The number of carbonyl (C=O) groups excluding carboxylic acids is 3. The lowest BCUT2D eigenvalue weighted by molar-refractivity contribution is -0.123. The summed E-state index contributed by atoms with van der Waals surface area (Å²) in [6.07, 6.45) is 2.57. The largest absolute Gasteiger partial charge is 0.452 e. The van der Waals surface area contributed by atoms with Gasteiger partial charge in [-0.05, 0) is 58.2 Å². The molecule has 1 aliphatic rings. The number of imide groups is 1. The zero-order valence-electron chi connectivity index (χ0n) is 17.7. The summed E-state index contributed by atoms with van der Waals surface area (Å²) < 4.78 is 32.5. The molecule has 3 amide bonds. The molecule has 2 N–H and O–H groups in total. The van der Waals surface area contributed by atoms with Gasteiger partial charge < -0.3 is 10.1 Å². The molecule has 0 radical (unpaired) electrons. The van der Waals surface area contributed by atoms with Crippen molar-refractivity contribution in [3.8, 4) is 0 Å². The molecule has 30 heavy (non-hydrogen) atoms. The third-order valence-electron chi connectivity index (χ3n) is 4.78. The molecule has 1 aromatic rings. The Morgan fingerprint density at radius 3 is 2.57 bits per heavy atom. The molecule has 1 atom stereocenters. The van der Waals surface area contributed by atoms with Crippen molar-refractivity contribution in [2.75, 3.05) is 13.2 Å². The fourth-order valence-corrected chi connectivity index (χ4v) is 4.94. The summed E-state index contributed by atoms with van der Waals surface area (Å²) in [7, 11) is -3.75. The highest BCUT2D eigenvalue weighted by molar-refractivity contribution is 7.89. The lowest BCUT2D eigenvalue weighted by Gasteiger charge is -2.32.